The first kappa shape index (κ1) is 22.6. The number of hydrogen-bond acceptors (Lipinski definition) is 5. The van der Waals surface area contributed by atoms with Crippen LogP contribution < -0.4 is 21.3 Å². The molecule has 176 valence electrons. The minimum Gasteiger partial charge on any atom is -0.370 e. The van der Waals surface area contributed by atoms with Crippen LogP contribution in [0.4, 0.5) is 11.4 Å². The standard InChI is InChI=1S/C25H25ClN4O4/c1-2-3-4-13-5-8-15(9-6-13)30-22(32)20-18(12-19(27)31)29-25(21(20)23(30)33)16-11-14(26)7-10-17(16)28-24(25)34/h5-11,18,20-21,29H,2-4,12H2,1H3,(H2,27,31)(H,28,34)/t18-,20+,21-,25-/m0/s1. The fourth-order valence-electron chi connectivity index (χ4n) is 5.61. The van der Waals surface area contributed by atoms with Gasteiger partial charge < -0.3 is 11.1 Å². The second-order valence-electron chi connectivity index (χ2n) is 9.16. The molecule has 0 bridgehead atoms. The molecular formula is C25H25ClN4O4. The van der Waals surface area contributed by atoms with Crippen molar-refractivity contribution in [1.29, 1.82) is 0 Å². The number of unbranched alkanes of at least 4 members (excludes halogenated alkanes) is 1. The molecule has 2 aromatic rings. The number of nitrogens with two attached hydrogens (primary N) is 1. The average molecular weight is 481 g/mol. The van der Waals surface area contributed by atoms with E-state index in [1.165, 1.54) is 0 Å². The predicted molar refractivity (Wildman–Crippen MR) is 127 cm³/mol. The Bertz CT molecular complexity index is 1210. The third-order valence-electron chi connectivity index (χ3n) is 7.11. The highest BCUT2D eigenvalue weighted by molar-refractivity contribution is 6.31. The van der Waals surface area contributed by atoms with Crippen LogP contribution in [0.5, 0.6) is 0 Å². The van der Waals surface area contributed by atoms with Crippen LogP contribution in [0.3, 0.4) is 0 Å². The topological polar surface area (TPSA) is 122 Å². The molecule has 2 aromatic carbocycles. The highest BCUT2D eigenvalue weighted by Crippen LogP contribution is 2.54. The third-order valence-corrected chi connectivity index (χ3v) is 7.35. The molecule has 8 nitrogen and oxygen atoms in total. The summed E-state index contributed by atoms with van der Waals surface area (Å²) in [6, 6.07) is 11.5. The molecule has 0 unspecified atom stereocenters. The Balaban J connectivity index is 1.59. The maximum Gasteiger partial charge on any atom is 0.250 e. The highest BCUT2D eigenvalue weighted by atomic mass is 35.5. The average Bonchev–Trinajstić information content (AvgIpc) is 3.37. The monoisotopic (exact) mass is 480 g/mol. The van der Waals surface area contributed by atoms with Gasteiger partial charge in [-0.3, -0.25) is 24.5 Å². The number of carbonyl (C=O) groups excluding carboxylic acids is 4. The van der Waals surface area contributed by atoms with Crippen LogP contribution >= 0.6 is 11.6 Å². The normalized spacial score (nSPS) is 27.3. The number of halogens is 1. The largest absolute Gasteiger partial charge is 0.370 e. The lowest BCUT2D eigenvalue weighted by Crippen LogP contribution is -2.53. The number of nitrogens with one attached hydrogen (secondary N) is 2. The van der Waals surface area contributed by atoms with E-state index in [-0.39, 0.29) is 6.42 Å². The van der Waals surface area contributed by atoms with Crippen molar-refractivity contribution >= 4 is 46.6 Å². The van der Waals surface area contributed by atoms with E-state index in [2.05, 4.69) is 17.6 Å². The number of imide groups is 1. The van der Waals surface area contributed by atoms with Gasteiger partial charge in [0.2, 0.25) is 23.6 Å². The zero-order valence-electron chi connectivity index (χ0n) is 18.6. The molecular weight excluding hydrogens is 456 g/mol. The Kier molecular flexibility index (Phi) is 5.45. The van der Waals surface area contributed by atoms with Crippen molar-refractivity contribution in [3.05, 3.63) is 58.6 Å². The number of benzene rings is 2. The number of fused-ring (bicyclic) bond motifs is 4. The lowest BCUT2D eigenvalue weighted by Gasteiger charge is -2.29. The SMILES string of the molecule is CCCCc1ccc(N2C(=O)[C@@H]3[C@H](CC(N)=O)N[C@]4(C(=O)Nc5ccc(Cl)cc54)[C@@H]3C2=O)cc1. The van der Waals surface area contributed by atoms with Crippen LogP contribution in [-0.2, 0) is 31.1 Å². The molecule has 3 aliphatic heterocycles. The third kappa shape index (κ3) is 3.24. The van der Waals surface area contributed by atoms with Crippen LogP contribution in [-0.4, -0.2) is 29.7 Å². The zero-order valence-corrected chi connectivity index (χ0v) is 19.4. The number of carbonyl (C=O) groups is 4. The molecule has 4 N–H and O–H groups in total. The Morgan fingerprint density at radius 1 is 1.12 bits per heavy atom. The molecule has 5 rings (SSSR count). The van der Waals surface area contributed by atoms with Gasteiger partial charge in [-0.1, -0.05) is 37.1 Å². The summed E-state index contributed by atoms with van der Waals surface area (Å²) < 4.78 is 0. The van der Waals surface area contributed by atoms with Gasteiger partial charge in [-0.25, -0.2) is 4.90 Å². The van der Waals surface area contributed by atoms with Crippen LogP contribution in [0, 0.1) is 11.8 Å². The number of aryl methyl sites for hydroxylation is 1. The zero-order chi connectivity index (χ0) is 24.2. The number of hydrogen-bond donors (Lipinski definition) is 3. The summed E-state index contributed by atoms with van der Waals surface area (Å²) in [5.74, 6) is -3.98. The van der Waals surface area contributed by atoms with E-state index in [1.807, 2.05) is 12.1 Å². The Hall–Kier alpha value is -3.23. The smallest absolute Gasteiger partial charge is 0.250 e. The first-order valence-corrected chi connectivity index (χ1v) is 11.8. The Labute approximate surface area is 201 Å². The second kappa shape index (κ2) is 8.21. The summed E-state index contributed by atoms with van der Waals surface area (Å²) in [5, 5.41) is 6.35. The maximum absolute atomic E-state index is 13.8. The van der Waals surface area contributed by atoms with E-state index in [1.54, 1.807) is 30.3 Å². The summed E-state index contributed by atoms with van der Waals surface area (Å²) in [6.07, 6.45) is 2.84. The number of anilines is 2. The number of primary amides is 1. The minimum atomic E-state index is -1.52. The fourth-order valence-corrected chi connectivity index (χ4v) is 5.78. The van der Waals surface area contributed by atoms with Crippen molar-refractivity contribution in [3.63, 3.8) is 0 Å². The molecule has 2 fully saturated rings. The molecule has 0 radical (unpaired) electrons. The van der Waals surface area contributed by atoms with Crippen molar-refractivity contribution in [3.8, 4) is 0 Å². The van der Waals surface area contributed by atoms with Crippen molar-refractivity contribution in [1.82, 2.24) is 5.32 Å². The van der Waals surface area contributed by atoms with Gasteiger partial charge in [-0.2, -0.15) is 0 Å². The lowest BCUT2D eigenvalue weighted by atomic mass is 9.76. The van der Waals surface area contributed by atoms with Crippen LogP contribution in [0.25, 0.3) is 0 Å². The lowest BCUT2D eigenvalue weighted by molar-refractivity contribution is -0.130. The quantitative estimate of drug-likeness (QED) is 0.548. The molecule has 3 aliphatic rings. The number of amides is 4. The molecule has 0 aliphatic carbocycles. The summed E-state index contributed by atoms with van der Waals surface area (Å²) in [4.78, 5) is 53.8. The summed E-state index contributed by atoms with van der Waals surface area (Å²) in [6.45, 7) is 2.12. The molecule has 1 spiro atoms. The van der Waals surface area contributed by atoms with Gasteiger partial charge in [0, 0.05) is 28.7 Å². The van der Waals surface area contributed by atoms with E-state index in [0.717, 1.165) is 29.7 Å². The summed E-state index contributed by atoms with van der Waals surface area (Å²) in [5.41, 5.74) is 6.52. The predicted octanol–water partition coefficient (Wildman–Crippen LogP) is 2.48. The van der Waals surface area contributed by atoms with Gasteiger partial charge >= 0.3 is 0 Å². The van der Waals surface area contributed by atoms with E-state index >= 15 is 0 Å². The molecule has 2 saturated heterocycles. The van der Waals surface area contributed by atoms with Crippen molar-refractivity contribution < 1.29 is 19.2 Å². The number of rotatable bonds is 6. The first-order valence-electron chi connectivity index (χ1n) is 11.4. The van der Waals surface area contributed by atoms with Crippen LogP contribution in [0.15, 0.2) is 42.5 Å². The van der Waals surface area contributed by atoms with Gasteiger partial charge in [0.15, 0.2) is 0 Å². The van der Waals surface area contributed by atoms with Crippen LogP contribution in [0.1, 0.15) is 37.3 Å². The van der Waals surface area contributed by atoms with Crippen molar-refractivity contribution in [2.24, 2.45) is 17.6 Å². The Morgan fingerprint density at radius 3 is 2.53 bits per heavy atom. The van der Waals surface area contributed by atoms with Gasteiger partial charge in [0.05, 0.1) is 17.5 Å². The highest BCUT2D eigenvalue weighted by Gasteiger charge is 2.70. The molecule has 34 heavy (non-hydrogen) atoms. The van der Waals surface area contributed by atoms with Crippen molar-refractivity contribution in [2.45, 2.75) is 44.2 Å². The number of nitrogens with zero attached hydrogens (tertiary/aromatic N) is 1. The van der Waals surface area contributed by atoms with E-state index < -0.39 is 47.0 Å². The molecule has 0 saturated carbocycles. The molecule has 0 aromatic heterocycles. The fraction of sp³-hybridized carbons (Fsp3) is 0.360. The van der Waals surface area contributed by atoms with E-state index in [4.69, 9.17) is 17.3 Å². The van der Waals surface area contributed by atoms with Gasteiger partial charge in [-0.15, -0.1) is 0 Å². The summed E-state index contributed by atoms with van der Waals surface area (Å²) >= 11 is 6.23. The first-order chi connectivity index (χ1) is 16.3. The van der Waals surface area contributed by atoms with Gasteiger partial charge in [-0.05, 0) is 48.7 Å². The molecule has 4 atom stereocenters. The summed E-state index contributed by atoms with van der Waals surface area (Å²) in [7, 11) is 0. The minimum absolute atomic E-state index is 0.186. The van der Waals surface area contributed by atoms with E-state index in [0.29, 0.717) is 22.0 Å². The van der Waals surface area contributed by atoms with E-state index in [9.17, 15) is 19.2 Å². The molecule has 9 heteroatoms. The van der Waals surface area contributed by atoms with Gasteiger partial charge in [0.25, 0.3) is 0 Å². The van der Waals surface area contributed by atoms with Crippen molar-refractivity contribution in [2.75, 3.05) is 10.2 Å². The van der Waals surface area contributed by atoms with Gasteiger partial charge in [0.1, 0.15) is 5.54 Å². The Morgan fingerprint density at radius 2 is 1.85 bits per heavy atom. The molecule has 4 amide bonds. The maximum atomic E-state index is 13.8. The second-order valence-corrected chi connectivity index (χ2v) is 9.60. The van der Waals surface area contributed by atoms with Crippen LogP contribution in [0.2, 0.25) is 5.02 Å². The molecule has 3 heterocycles.